The Labute approximate surface area is 189 Å². The van der Waals surface area contributed by atoms with Crippen LogP contribution in [0, 0.1) is 11.3 Å². The normalized spacial score (nSPS) is 19.1. The fourth-order valence-corrected chi connectivity index (χ4v) is 4.38. The molecule has 1 saturated heterocycles. The first-order chi connectivity index (χ1) is 15.2. The summed E-state index contributed by atoms with van der Waals surface area (Å²) in [5.41, 5.74) is 0.977. The van der Waals surface area contributed by atoms with Gasteiger partial charge in [-0.1, -0.05) is 12.1 Å². The number of aromatic nitrogens is 1. The van der Waals surface area contributed by atoms with Crippen LogP contribution in [0.1, 0.15) is 58.1 Å². The molecule has 2 heterocycles. The second-order valence-corrected chi connectivity index (χ2v) is 9.51. The minimum atomic E-state index is -0.980. The number of amides is 3. The first-order valence-electron chi connectivity index (χ1n) is 11.1. The number of nitrogens with zero attached hydrogens (tertiary/aromatic N) is 4. The van der Waals surface area contributed by atoms with Crippen molar-refractivity contribution in [3.63, 3.8) is 0 Å². The van der Waals surface area contributed by atoms with Crippen LogP contribution in [0.25, 0.3) is 0 Å². The number of anilines is 2. The van der Waals surface area contributed by atoms with Gasteiger partial charge in [-0.05, 0) is 82.3 Å². The van der Waals surface area contributed by atoms with Crippen molar-refractivity contribution in [3.05, 3.63) is 53.7 Å². The van der Waals surface area contributed by atoms with Gasteiger partial charge in [0.25, 0.3) is 5.91 Å². The van der Waals surface area contributed by atoms with Gasteiger partial charge in [0.15, 0.2) is 0 Å². The number of pyridine rings is 1. The molecule has 0 bridgehead atoms. The Hall–Kier alpha value is -3.40. The van der Waals surface area contributed by atoms with Gasteiger partial charge in [0.05, 0.1) is 17.2 Å². The second kappa shape index (κ2) is 7.94. The maximum atomic E-state index is 13.4. The average Bonchev–Trinajstić information content (AvgIpc) is 2.88. The van der Waals surface area contributed by atoms with Gasteiger partial charge < -0.3 is 10.2 Å². The van der Waals surface area contributed by atoms with E-state index in [1.165, 1.54) is 4.90 Å². The standard InChI is InChI=1S/C25H29N5O2/c1-17(2)28-21-14-18(10-13-27-21)15-29-23(32)30(22(31)24(29,3)4)20-8-6-19(7-9-20)25(16-26)11-5-12-25/h6-10,13-14,17H,5,11-12,15H2,1-4H3,(H,27,28). The molecule has 2 aliphatic rings. The summed E-state index contributed by atoms with van der Waals surface area (Å²) in [5, 5.41) is 12.8. The molecule has 166 valence electrons. The fourth-order valence-electron chi connectivity index (χ4n) is 4.38. The number of urea groups is 1. The molecular weight excluding hydrogens is 402 g/mol. The molecule has 4 rings (SSSR count). The number of carbonyl (C=O) groups is 2. The Kier molecular flexibility index (Phi) is 5.41. The highest BCUT2D eigenvalue weighted by Gasteiger charge is 2.51. The zero-order valence-corrected chi connectivity index (χ0v) is 19.1. The lowest BCUT2D eigenvalue weighted by Gasteiger charge is -2.35. The Balaban J connectivity index is 1.58. The predicted octanol–water partition coefficient (Wildman–Crippen LogP) is 4.59. The lowest BCUT2D eigenvalue weighted by Crippen LogP contribution is -2.43. The molecule has 1 aromatic carbocycles. The van der Waals surface area contributed by atoms with E-state index in [0.29, 0.717) is 12.2 Å². The fraction of sp³-hybridized carbons (Fsp3) is 0.440. The van der Waals surface area contributed by atoms with Crippen molar-refractivity contribution in [1.82, 2.24) is 9.88 Å². The third-order valence-corrected chi connectivity index (χ3v) is 6.52. The van der Waals surface area contributed by atoms with Crippen LogP contribution in [0.3, 0.4) is 0 Å². The summed E-state index contributed by atoms with van der Waals surface area (Å²) < 4.78 is 0. The van der Waals surface area contributed by atoms with Crippen molar-refractivity contribution >= 4 is 23.4 Å². The van der Waals surface area contributed by atoms with Gasteiger partial charge in [0.1, 0.15) is 11.4 Å². The van der Waals surface area contributed by atoms with Gasteiger partial charge in [-0.2, -0.15) is 5.26 Å². The van der Waals surface area contributed by atoms with E-state index in [1.807, 2.05) is 38.1 Å². The highest BCUT2D eigenvalue weighted by atomic mass is 16.2. The Morgan fingerprint density at radius 2 is 1.84 bits per heavy atom. The number of nitriles is 1. The van der Waals surface area contributed by atoms with Crippen LogP contribution in [-0.4, -0.2) is 33.4 Å². The Morgan fingerprint density at radius 1 is 1.16 bits per heavy atom. The van der Waals surface area contributed by atoms with Crippen LogP contribution in [0.2, 0.25) is 0 Å². The Morgan fingerprint density at radius 3 is 2.41 bits per heavy atom. The number of rotatable bonds is 6. The summed E-state index contributed by atoms with van der Waals surface area (Å²) in [7, 11) is 0. The minimum absolute atomic E-state index is 0.239. The second-order valence-electron chi connectivity index (χ2n) is 9.51. The van der Waals surface area contributed by atoms with E-state index in [4.69, 9.17) is 0 Å². The number of hydrogen-bond donors (Lipinski definition) is 1. The molecule has 7 nitrogen and oxygen atoms in total. The molecule has 1 aliphatic carbocycles. The summed E-state index contributed by atoms with van der Waals surface area (Å²) >= 11 is 0. The maximum absolute atomic E-state index is 13.4. The molecule has 2 fully saturated rings. The number of hydrogen-bond acceptors (Lipinski definition) is 5. The van der Waals surface area contributed by atoms with E-state index >= 15 is 0 Å². The van der Waals surface area contributed by atoms with Gasteiger partial charge in [-0.25, -0.2) is 14.7 Å². The first kappa shape index (κ1) is 21.8. The van der Waals surface area contributed by atoms with Crippen molar-refractivity contribution in [2.24, 2.45) is 0 Å². The zero-order valence-electron chi connectivity index (χ0n) is 19.1. The van der Waals surface area contributed by atoms with E-state index in [-0.39, 0.29) is 18.0 Å². The monoisotopic (exact) mass is 431 g/mol. The van der Waals surface area contributed by atoms with E-state index < -0.39 is 11.0 Å². The number of nitrogens with one attached hydrogen (secondary N) is 1. The van der Waals surface area contributed by atoms with Gasteiger partial charge >= 0.3 is 6.03 Å². The summed E-state index contributed by atoms with van der Waals surface area (Å²) in [6, 6.07) is 13.4. The number of carbonyl (C=O) groups excluding carboxylic acids is 2. The number of benzene rings is 1. The first-order valence-corrected chi connectivity index (χ1v) is 11.1. The van der Waals surface area contributed by atoms with Gasteiger partial charge in [0.2, 0.25) is 0 Å². The van der Waals surface area contributed by atoms with Crippen LogP contribution in [0.5, 0.6) is 0 Å². The van der Waals surface area contributed by atoms with Crippen molar-refractivity contribution in [2.75, 3.05) is 10.2 Å². The third kappa shape index (κ3) is 3.60. The quantitative estimate of drug-likeness (QED) is 0.676. The lowest BCUT2D eigenvalue weighted by molar-refractivity contribution is -0.123. The summed E-state index contributed by atoms with van der Waals surface area (Å²) in [4.78, 5) is 33.8. The van der Waals surface area contributed by atoms with E-state index in [0.717, 1.165) is 36.2 Å². The van der Waals surface area contributed by atoms with Crippen LogP contribution in [0.4, 0.5) is 16.3 Å². The lowest BCUT2D eigenvalue weighted by atomic mass is 9.65. The molecule has 0 spiro atoms. The van der Waals surface area contributed by atoms with E-state index in [2.05, 4.69) is 16.4 Å². The largest absolute Gasteiger partial charge is 0.368 e. The molecule has 1 aliphatic heterocycles. The third-order valence-electron chi connectivity index (χ3n) is 6.52. The van der Waals surface area contributed by atoms with Crippen LogP contribution in [-0.2, 0) is 16.8 Å². The molecule has 1 saturated carbocycles. The minimum Gasteiger partial charge on any atom is -0.368 e. The van der Waals surface area contributed by atoms with Crippen molar-refractivity contribution < 1.29 is 9.59 Å². The predicted molar refractivity (Wildman–Crippen MR) is 123 cm³/mol. The molecule has 32 heavy (non-hydrogen) atoms. The Bertz CT molecular complexity index is 1080. The molecule has 0 unspecified atom stereocenters. The zero-order chi connectivity index (χ0) is 23.1. The maximum Gasteiger partial charge on any atom is 0.332 e. The SMILES string of the molecule is CC(C)Nc1cc(CN2C(=O)N(c3ccc(C4(C#N)CCC4)cc3)C(=O)C2(C)C)ccn1. The van der Waals surface area contributed by atoms with Crippen molar-refractivity contribution in [2.45, 2.75) is 70.5 Å². The average molecular weight is 432 g/mol. The van der Waals surface area contributed by atoms with Gasteiger partial charge in [-0.15, -0.1) is 0 Å². The summed E-state index contributed by atoms with van der Waals surface area (Å²) in [5.74, 6) is 0.478. The number of imide groups is 1. The summed E-state index contributed by atoms with van der Waals surface area (Å²) in [6.45, 7) is 7.92. The molecule has 1 N–H and O–H groups in total. The van der Waals surface area contributed by atoms with E-state index in [1.54, 1.807) is 37.1 Å². The molecular formula is C25H29N5O2. The summed E-state index contributed by atoms with van der Waals surface area (Å²) in [6.07, 6.45) is 4.46. The highest BCUT2D eigenvalue weighted by Crippen LogP contribution is 2.44. The van der Waals surface area contributed by atoms with Crippen molar-refractivity contribution in [3.8, 4) is 6.07 Å². The van der Waals surface area contributed by atoms with E-state index in [9.17, 15) is 14.9 Å². The van der Waals surface area contributed by atoms with Crippen LogP contribution >= 0.6 is 0 Å². The van der Waals surface area contributed by atoms with Crippen LogP contribution in [0.15, 0.2) is 42.6 Å². The smallest absolute Gasteiger partial charge is 0.332 e. The molecule has 0 radical (unpaired) electrons. The topological polar surface area (TPSA) is 89.3 Å². The molecule has 1 aromatic heterocycles. The van der Waals surface area contributed by atoms with Gasteiger partial charge in [-0.3, -0.25) is 4.79 Å². The van der Waals surface area contributed by atoms with Crippen LogP contribution < -0.4 is 10.2 Å². The molecule has 2 aromatic rings. The highest BCUT2D eigenvalue weighted by molar-refractivity contribution is 6.22. The molecule has 3 amide bonds. The van der Waals surface area contributed by atoms with Gasteiger partial charge in [0, 0.05) is 18.8 Å². The molecule has 0 atom stereocenters. The molecule has 7 heteroatoms. The van der Waals surface area contributed by atoms with Crippen molar-refractivity contribution in [1.29, 1.82) is 5.26 Å².